The monoisotopic (exact) mass is 1290 g/mol. The molecule has 1 aliphatic carbocycles. The number of imidazole rings is 1. The summed E-state index contributed by atoms with van der Waals surface area (Å²) in [5.74, 6) is 1.92. The molecule has 4 aromatic heterocycles. The van der Waals surface area contributed by atoms with E-state index < -0.39 is 5.89 Å². The minimum Gasteiger partial charge on any atom is -0.503 e. The Morgan fingerprint density at radius 2 is 1.29 bits per heavy atom. The summed E-state index contributed by atoms with van der Waals surface area (Å²) in [5.41, 5.74) is 14.6. The van der Waals surface area contributed by atoms with Crippen LogP contribution in [-0.2, 0) is 31.9 Å². The maximum Gasteiger partial charge on any atom is 2.00 e. The largest absolute Gasteiger partial charge is 2.00 e. The van der Waals surface area contributed by atoms with Gasteiger partial charge in [-0.25, -0.2) is 4.98 Å². The molecule has 0 saturated heterocycles. The smallest absolute Gasteiger partial charge is 0.503 e. The molecule has 7 heteroatoms. The summed E-state index contributed by atoms with van der Waals surface area (Å²) in [5, 5.41) is 8.46. The van der Waals surface area contributed by atoms with E-state index in [1.54, 1.807) is 0 Å². The fourth-order valence-electron chi connectivity index (χ4n) is 13.2. The Labute approximate surface area is 512 Å². The van der Waals surface area contributed by atoms with Crippen molar-refractivity contribution in [3.05, 3.63) is 229 Å². The van der Waals surface area contributed by atoms with Crippen molar-refractivity contribution >= 4 is 76.3 Å². The second kappa shape index (κ2) is 20.6. The molecule has 0 atom stereocenters. The van der Waals surface area contributed by atoms with Crippen molar-refractivity contribution in [2.45, 2.75) is 97.8 Å². The summed E-state index contributed by atoms with van der Waals surface area (Å²) >= 11 is 0. The number of para-hydroxylation sites is 3. The molecule has 0 amide bonds. The first-order chi connectivity index (χ1) is 41.0. The van der Waals surface area contributed by atoms with Crippen LogP contribution < -0.4 is 4.74 Å². The van der Waals surface area contributed by atoms with Crippen LogP contribution in [0.4, 0.5) is 0 Å². The molecule has 0 unspecified atom stereocenters. The Hall–Kier alpha value is -8.57. The van der Waals surface area contributed by atoms with Crippen molar-refractivity contribution in [2.75, 3.05) is 0 Å². The van der Waals surface area contributed by atoms with E-state index in [4.69, 9.17) is 19.1 Å². The van der Waals surface area contributed by atoms with Gasteiger partial charge in [-0.3, -0.25) is 4.98 Å². The van der Waals surface area contributed by atoms with Crippen molar-refractivity contribution in [1.29, 1.82) is 0 Å². The van der Waals surface area contributed by atoms with Gasteiger partial charge in [0.25, 0.3) is 0 Å². The summed E-state index contributed by atoms with van der Waals surface area (Å²) in [6, 6.07) is 76.7. The van der Waals surface area contributed by atoms with Crippen LogP contribution in [0.5, 0.6) is 11.5 Å². The number of nitrogens with zero attached hydrogens (tertiary/aromatic N) is 4. The van der Waals surface area contributed by atoms with Gasteiger partial charge in [-0.05, 0) is 157 Å². The average Bonchev–Trinajstić information content (AvgIpc) is 1.75. The van der Waals surface area contributed by atoms with E-state index >= 15 is 0 Å². The van der Waals surface area contributed by atoms with Gasteiger partial charge in [0.2, 0.25) is 0 Å². The van der Waals surface area contributed by atoms with E-state index in [1.165, 1.54) is 11.1 Å². The quantitative estimate of drug-likeness (QED) is 0.112. The minimum atomic E-state index is -0.604. The molecule has 0 spiro atoms. The van der Waals surface area contributed by atoms with Gasteiger partial charge >= 0.3 is 21.1 Å². The number of furan rings is 1. The Balaban J connectivity index is 0.00000653. The van der Waals surface area contributed by atoms with E-state index in [1.807, 2.05) is 12.3 Å². The van der Waals surface area contributed by atoms with Crippen LogP contribution in [0, 0.1) is 17.5 Å². The first kappa shape index (κ1) is 53.2. The zero-order valence-corrected chi connectivity index (χ0v) is 51.6. The molecule has 85 heavy (non-hydrogen) atoms. The summed E-state index contributed by atoms with van der Waals surface area (Å²) in [7, 11) is 0. The van der Waals surface area contributed by atoms with Gasteiger partial charge in [0.05, 0.1) is 22.4 Å². The number of benzene rings is 10. The van der Waals surface area contributed by atoms with Crippen LogP contribution in [0.2, 0.25) is 0 Å². The third-order valence-electron chi connectivity index (χ3n) is 17.8. The Kier molecular flexibility index (Phi) is 12.9. The molecule has 0 radical (unpaired) electrons. The number of rotatable bonds is 8. The van der Waals surface area contributed by atoms with E-state index in [0.29, 0.717) is 28.5 Å². The fourth-order valence-corrected chi connectivity index (χ4v) is 13.2. The van der Waals surface area contributed by atoms with Crippen LogP contribution in [0.25, 0.3) is 121 Å². The maximum absolute atomic E-state index is 9.66. The number of hydrogen-bond donors (Lipinski definition) is 0. The van der Waals surface area contributed by atoms with Crippen LogP contribution in [0.1, 0.15) is 105 Å². The van der Waals surface area contributed by atoms with Gasteiger partial charge in [0.1, 0.15) is 11.4 Å². The molecular weight excluding hydrogens is 1220 g/mol. The third-order valence-corrected chi connectivity index (χ3v) is 17.8. The molecule has 0 N–H and O–H groups in total. The normalized spacial score (nSPS) is 14.7. The topological polar surface area (TPSA) is 58.0 Å². The molecule has 4 heterocycles. The van der Waals surface area contributed by atoms with E-state index in [-0.39, 0.29) is 37.3 Å². The number of aromatic nitrogens is 4. The summed E-state index contributed by atoms with van der Waals surface area (Å²) in [4.78, 5) is 10.6. The molecule has 0 bridgehead atoms. The van der Waals surface area contributed by atoms with Gasteiger partial charge < -0.3 is 18.3 Å². The Morgan fingerprint density at radius 1 is 0.588 bits per heavy atom. The predicted molar refractivity (Wildman–Crippen MR) is 348 cm³/mol. The first-order valence-corrected chi connectivity index (χ1v) is 29.6. The summed E-state index contributed by atoms with van der Waals surface area (Å²) in [6.07, 6.45) is 5.71. The van der Waals surface area contributed by atoms with Gasteiger partial charge in [0.15, 0.2) is 0 Å². The molecule has 14 aromatic rings. The number of fused-ring (bicyclic) bond motifs is 11. The van der Waals surface area contributed by atoms with Crippen molar-refractivity contribution in [3.8, 4) is 56.6 Å². The van der Waals surface area contributed by atoms with Gasteiger partial charge in [-0.1, -0.05) is 211 Å². The van der Waals surface area contributed by atoms with E-state index in [0.717, 1.165) is 136 Å². The zero-order valence-electron chi connectivity index (χ0n) is 50.3. The second-order valence-corrected chi connectivity index (χ2v) is 26.0. The molecule has 1 saturated carbocycles. The van der Waals surface area contributed by atoms with Crippen molar-refractivity contribution in [1.82, 2.24) is 19.1 Å². The van der Waals surface area contributed by atoms with Crippen LogP contribution >= 0.6 is 0 Å². The minimum absolute atomic E-state index is 0. The van der Waals surface area contributed by atoms with Crippen molar-refractivity contribution in [3.63, 3.8) is 0 Å². The van der Waals surface area contributed by atoms with Crippen LogP contribution in [-0.4, -0.2) is 19.1 Å². The standard InChI is InChI=1S/C78H66N4O2.Pt/c1-76(2,3)54-38-41-79-71(43-54)81-66-24-16-14-22-58(66)59-34-32-55(46-69(59)81)83-56-44-62-73-70(47-61(60-33-30-51-20-12-13-21-57(51)72(60)73)52-28-26-49(27-29-52)50-36-39-78(7,8)40-37-50)84-74(62)63(45-56)75-80-65-23-15-17-25-68(65)82(75)67-35-31-53(42-64(67)77(4,5)6)48-18-10-9-11-19-48;/h9-35,38,41-44,47,50H,36-37,39-40H2,1-8H3;/q-2;+2/i50D;. The fraction of sp³-hybridized carbons (Fsp3) is 0.205. The number of ether oxygens (including phenoxy) is 1. The average molecular weight is 1290 g/mol. The third kappa shape index (κ3) is 9.45. The Bertz CT molecular complexity index is 4990. The SMILES string of the molecule is [2H]C1(c2ccc(-c3cc4oc5c(-c6nc7ccccc7n6-c6ccc(-c7ccccc7)cc6C(C)(C)C)[c-]c(Oc6[c-]c7c(cc6)c6ccccc6n7-c6cc(C(C)(C)C)ccn6)cc5c4c4c3ccc3ccccc34)cc2)CCC(C)(C)CC1.[Pt+2]. The molecule has 10 aromatic carbocycles. The van der Waals surface area contributed by atoms with Crippen LogP contribution in [0.15, 0.2) is 205 Å². The molecular formula is C78H66N4O2Pt. The van der Waals surface area contributed by atoms with Gasteiger partial charge in [-0.2, -0.15) is 6.07 Å². The molecule has 420 valence electrons. The van der Waals surface area contributed by atoms with Gasteiger partial charge in [0, 0.05) is 41.0 Å². The summed E-state index contributed by atoms with van der Waals surface area (Å²) in [6.45, 7) is 18.2. The van der Waals surface area contributed by atoms with E-state index in [9.17, 15) is 1.37 Å². The van der Waals surface area contributed by atoms with Crippen molar-refractivity contribution in [2.24, 2.45) is 5.41 Å². The second-order valence-electron chi connectivity index (χ2n) is 26.0. The maximum atomic E-state index is 9.66. The number of hydrogen-bond acceptors (Lipinski definition) is 4. The summed E-state index contributed by atoms with van der Waals surface area (Å²) < 4.78 is 28.9. The first-order valence-electron chi connectivity index (χ1n) is 30.1. The van der Waals surface area contributed by atoms with E-state index in [2.05, 4.69) is 265 Å². The molecule has 1 fully saturated rings. The molecule has 0 aliphatic heterocycles. The predicted octanol–water partition coefficient (Wildman–Crippen LogP) is 21.4. The molecule has 6 nitrogen and oxygen atoms in total. The number of pyridine rings is 1. The zero-order chi connectivity index (χ0) is 58.1. The molecule has 15 rings (SSSR count). The molecule has 1 aliphatic rings. The Morgan fingerprint density at radius 3 is 2.07 bits per heavy atom. The van der Waals surface area contributed by atoms with Gasteiger partial charge in [-0.15, -0.1) is 17.5 Å². The van der Waals surface area contributed by atoms with Crippen molar-refractivity contribution < 1.29 is 31.6 Å². The van der Waals surface area contributed by atoms with Crippen LogP contribution in [0.3, 0.4) is 0 Å².